The third-order valence-electron chi connectivity index (χ3n) is 5.88. The SMILES string of the molecule is Cc1ccc(-n2nnc(C(=O)N3CCN(c4ccc(F)cc4)CC3)c2CSc2ncccn2)cc1. The minimum Gasteiger partial charge on any atom is -0.368 e. The predicted molar refractivity (Wildman–Crippen MR) is 132 cm³/mol. The average molecular weight is 490 g/mol. The Morgan fingerprint density at radius 1 is 0.943 bits per heavy atom. The molecule has 1 aliphatic heterocycles. The molecule has 178 valence electrons. The number of thioether (sulfide) groups is 1. The maximum Gasteiger partial charge on any atom is 0.276 e. The number of hydrogen-bond donors (Lipinski definition) is 0. The molecule has 35 heavy (non-hydrogen) atoms. The van der Waals surface area contributed by atoms with E-state index >= 15 is 0 Å². The van der Waals surface area contributed by atoms with Crippen molar-refractivity contribution in [1.82, 2.24) is 29.9 Å². The lowest BCUT2D eigenvalue weighted by atomic mass is 10.2. The van der Waals surface area contributed by atoms with Gasteiger partial charge in [-0.3, -0.25) is 4.79 Å². The van der Waals surface area contributed by atoms with Crippen LogP contribution in [0.3, 0.4) is 0 Å². The second-order valence-electron chi connectivity index (χ2n) is 8.21. The van der Waals surface area contributed by atoms with Gasteiger partial charge < -0.3 is 9.80 Å². The van der Waals surface area contributed by atoms with Crippen molar-refractivity contribution in [3.8, 4) is 5.69 Å². The number of anilines is 1. The standard InChI is InChI=1S/C25H24FN7OS/c1-18-3-7-21(8-4-18)33-22(17-35-25-27-11-2-12-28-25)23(29-30-33)24(34)32-15-13-31(14-16-32)20-9-5-19(26)6-10-20/h2-12H,13-17H2,1H3. The number of halogens is 1. The number of aryl methyl sites for hydroxylation is 1. The van der Waals surface area contributed by atoms with E-state index in [1.165, 1.54) is 23.9 Å². The maximum atomic E-state index is 13.5. The van der Waals surface area contributed by atoms with Gasteiger partial charge in [-0.2, -0.15) is 0 Å². The molecule has 1 amide bonds. The molecule has 5 rings (SSSR count). The molecule has 0 atom stereocenters. The molecular weight excluding hydrogens is 465 g/mol. The molecule has 0 N–H and O–H groups in total. The Hall–Kier alpha value is -3.79. The van der Waals surface area contributed by atoms with Crippen molar-refractivity contribution < 1.29 is 9.18 Å². The van der Waals surface area contributed by atoms with Crippen LogP contribution in [-0.2, 0) is 5.75 Å². The lowest BCUT2D eigenvalue weighted by Gasteiger charge is -2.35. The van der Waals surface area contributed by atoms with Gasteiger partial charge >= 0.3 is 0 Å². The highest BCUT2D eigenvalue weighted by atomic mass is 32.2. The molecule has 1 fully saturated rings. The highest BCUT2D eigenvalue weighted by Gasteiger charge is 2.28. The molecular formula is C25H24FN7OS. The van der Waals surface area contributed by atoms with Crippen LogP contribution in [0.15, 0.2) is 72.1 Å². The zero-order valence-electron chi connectivity index (χ0n) is 19.2. The number of carbonyl (C=O) groups is 1. The average Bonchev–Trinajstić information content (AvgIpc) is 3.32. The summed E-state index contributed by atoms with van der Waals surface area (Å²) in [7, 11) is 0. The summed E-state index contributed by atoms with van der Waals surface area (Å²) in [5.74, 6) is 0.0406. The van der Waals surface area contributed by atoms with E-state index in [4.69, 9.17) is 0 Å². The first kappa shape index (κ1) is 23.0. The molecule has 4 aromatic rings. The first-order valence-electron chi connectivity index (χ1n) is 11.3. The predicted octanol–water partition coefficient (Wildman–Crippen LogP) is 3.76. The number of aromatic nitrogens is 5. The van der Waals surface area contributed by atoms with Crippen LogP contribution < -0.4 is 4.90 Å². The Bertz CT molecular complexity index is 1290. The van der Waals surface area contributed by atoms with Gasteiger partial charge in [0.2, 0.25) is 0 Å². The zero-order chi connectivity index (χ0) is 24.2. The summed E-state index contributed by atoms with van der Waals surface area (Å²) in [5.41, 5.74) is 3.97. The molecule has 0 saturated carbocycles. The van der Waals surface area contributed by atoms with E-state index in [0.717, 1.165) is 16.9 Å². The normalized spacial score (nSPS) is 13.8. The quantitative estimate of drug-likeness (QED) is 0.301. The molecule has 1 aliphatic rings. The molecule has 0 unspecified atom stereocenters. The summed E-state index contributed by atoms with van der Waals surface area (Å²) in [6.07, 6.45) is 3.38. The highest BCUT2D eigenvalue weighted by Crippen LogP contribution is 2.25. The molecule has 0 spiro atoms. The van der Waals surface area contributed by atoms with E-state index in [-0.39, 0.29) is 11.7 Å². The van der Waals surface area contributed by atoms with Gasteiger partial charge in [0.05, 0.1) is 11.4 Å². The molecule has 0 aliphatic carbocycles. The first-order chi connectivity index (χ1) is 17.1. The molecule has 0 bridgehead atoms. The van der Waals surface area contributed by atoms with Crippen molar-refractivity contribution in [1.29, 1.82) is 0 Å². The Kier molecular flexibility index (Phi) is 6.71. The fourth-order valence-electron chi connectivity index (χ4n) is 3.95. The molecule has 10 heteroatoms. The van der Waals surface area contributed by atoms with Crippen molar-refractivity contribution in [2.45, 2.75) is 17.8 Å². The van der Waals surface area contributed by atoms with Crippen LogP contribution >= 0.6 is 11.8 Å². The minimum atomic E-state index is -0.259. The van der Waals surface area contributed by atoms with E-state index < -0.39 is 0 Å². The van der Waals surface area contributed by atoms with Crippen LogP contribution in [0.5, 0.6) is 0 Å². The maximum absolute atomic E-state index is 13.5. The van der Waals surface area contributed by atoms with Gasteiger partial charge in [0.1, 0.15) is 5.82 Å². The summed E-state index contributed by atoms with van der Waals surface area (Å²) in [5, 5.41) is 9.26. The molecule has 1 saturated heterocycles. The fourth-order valence-corrected chi connectivity index (χ4v) is 4.75. The number of piperazine rings is 1. The summed E-state index contributed by atoms with van der Waals surface area (Å²) < 4.78 is 15.0. The molecule has 2 aromatic heterocycles. The lowest BCUT2D eigenvalue weighted by Crippen LogP contribution is -2.49. The van der Waals surface area contributed by atoms with Crippen molar-refractivity contribution in [3.63, 3.8) is 0 Å². The topological polar surface area (TPSA) is 80.0 Å². The lowest BCUT2D eigenvalue weighted by molar-refractivity contribution is 0.0740. The van der Waals surface area contributed by atoms with Gasteiger partial charge in [-0.05, 0) is 49.4 Å². The second kappa shape index (κ2) is 10.2. The van der Waals surface area contributed by atoms with Crippen molar-refractivity contribution in [2.24, 2.45) is 0 Å². The number of rotatable bonds is 6. The molecule has 3 heterocycles. The van der Waals surface area contributed by atoms with Crippen LogP contribution in [-0.4, -0.2) is 61.9 Å². The van der Waals surface area contributed by atoms with Gasteiger partial charge in [-0.1, -0.05) is 34.7 Å². The number of nitrogens with zero attached hydrogens (tertiary/aromatic N) is 7. The summed E-state index contributed by atoms with van der Waals surface area (Å²) in [4.78, 5) is 26.0. The van der Waals surface area contributed by atoms with Crippen molar-refractivity contribution >= 4 is 23.4 Å². The molecule has 2 aromatic carbocycles. The molecule has 0 radical (unpaired) electrons. The summed E-state index contributed by atoms with van der Waals surface area (Å²) in [6.45, 7) is 4.43. The second-order valence-corrected chi connectivity index (χ2v) is 9.15. The van der Waals surface area contributed by atoms with E-state index in [1.54, 1.807) is 40.2 Å². The van der Waals surface area contributed by atoms with Gasteiger partial charge in [0.25, 0.3) is 5.91 Å². The van der Waals surface area contributed by atoms with Gasteiger partial charge in [-0.15, -0.1) is 5.10 Å². The van der Waals surface area contributed by atoms with E-state index in [9.17, 15) is 9.18 Å². The van der Waals surface area contributed by atoms with Crippen molar-refractivity contribution in [2.75, 3.05) is 31.1 Å². The van der Waals surface area contributed by atoms with Crippen LogP contribution in [0.2, 0.25) is 0 Å². The third-order valence-corrected chi connectivity index (χ3v) is 6.77. The molecule has 8 nitrogen and oxygen atoms in total. The Morgan fingerprint density at radius 2 is 1.60 bits per heavy atom. The van der Waals surface area contributed by atoms with Crippen LogP contribution in [0.25, 0.3) is 5.69 Å². The van der Waals surface area contributed by atoms with E-state index in [2.05, 4.69) is 25.2 Å². The third kappa shape index (κ3) is 5.17. The minimum absolute atomic E-state index is 0.147. The highest BCUT2D eigenvalue weighted by molar-refractivity contribution is 7.98. The number of benzene rings is 2. The van der Waals surface area contributed by atoms with Crippen molar-refractivity contribution in [3.05, 3.63) is 89.8 Å². The summed E-state index contributed by atoms with van der Waals surface area (Å²) >= 11 is 1.43. The Morgan fingerprint density at radius 3 is 2.29 bits per heavy atom. The van der Waals surface area contributed by atoms with Crippen LogP contribution in [0, 0.1) is 12.7 Å². The van der Waals surface area contributed by atoms with Gasteiger partial charge in [-0.25, -0.2) is 19.0 Å². The Labute approximate surface area is 206 Å². The number of carbonyl (C=O) groups excluding carboxylic acids is 1. The Balaban J connectivity index is 1.36. The number of amides is 1. The van der Waals surface area contributed by atoms with Crippen LogP contribution in [0.1, 0.15) is 21.7 Å². The smallest absolute Gasteiger partial charge is 0.276 e. The summed E-state index contributed by atoms with van der Waals surface area (Å²) in [6, 6.07) is 16.1. The fraction of sp³-hybridized carbons (Fsp3) is 0.240. The zero-order valence-corrected chi connectivity index (χ0v) is 20.0. The van der Waals surface area contributed by atoms with Gasteiger partial charge in [0, 0.05) is 50.0 Å². The van der Waals surface area contributed by atoms with E-state index in [1.807, 2.05) is 31.2 Å². The largest absolute Gasteiger partial charge is 0.368 e. The number of hydrogen-bond acceptors (Lipinski definition) is 7. The monoisotopic (exact) mass is 489 g/mol. The van der Waals surface area contributed by atoms with E-state index in [0.29, 0.717) is 48.5 Å². The van der Waals surface area contributed by atoms with Gasteiger partial charge in [0.15, 0.2) is 10.9 Å². The van der Waals surface area contributed by atoms with Crippen LogP contribution in [0.4, 0.5) is 10.1 Å². The first-order valence-corrected chi connectivity index (χ1v) is 12.3.